The minimum Gasteiger partial charge on any atom is -0.403 e. The fraction of sp³-hybridized carbons (Fsp3) is 0.421. The van der Waals surface area contributed by atoms with Crippen LogP contribution in [0, 0.1) is 11.6 Å². The average Bonchev–Trinajstić information content (AvgIpc) is 2.61. The summed E-state index contributed by atoms with van der Waals surface area (Å²) < 4.78 is 84.9. The van der Waals surface area contributed by atoms with E-state index in [2.05, 4.69) is 14.4 Å². The van der Waals surface area contributed by atoms with E-state index < -0.39 is 51.6 Å². The Labute approximate surface area is 172 Å². The van der Waals surface area contributed by atoms with Gasteiger partial charge >= 0.3 is 6.36 Å². The molecule has 0 amide bonds. The molecule has 0 spiro atoms. The van der Waals surface area contributed by atoms with E-state index in [1.165, 1.54) is 12.3 Å². The molecule has 2 rings (SSSR count). The minimum atomic E-state index is -5.11. The van der Waals surface area contributed by atoms with Gasteiger partial charge in [-0.05, 0) is 57.0 Å². The molecule has 5 nitrogen and oxygen atoms in total. The Morgan fingerprint density at radius 1 is 1.13 bits per heavy atom. The highest BCUT2D eigenvalue weighted by molar-refractivity contribution is 7.84. The van der Waals surface area contributed by atoms with Gasteiger partial charge in [0.25, 0.3) is 0 Å². The Morgan fingerprint density at radius 3 is 2.30 bits per heavy atom. The van der Waals surface area contributed by atoms with Crippen molar-refractivity contribution >= 4 is 11.0 Å². The van der Waals surface area contributed by atoms with Gasteiger partial charge in [-0.15, -0.1) is 13.2 Å². The van der Waals surface area contributed by atoms with Gasteiger partial charge in [-0.25, -0.2) is 17.7 Å². The number of halogens is 5. The number of aromatic nitrogens is 1. The first-order chi connectivity index (χ1) is 13.8. The zero-order valence-corrected chi connectivity index (χ0v) is 17.2. The van der Waals surface area contributed by atoms with Crippen LogP contribution in [-0.4, -0.2) is 32.0 Å². The molecule has 0 saturated heterocycles. The fourth-order valence-electron chi connectivity index (χ4n) is 2.71. The Kier molecular flexibility index (Phi) is 7.20. The summed E-state index contributed by atoms with van der Waals surface area (Å²) >= 11 is 0. The molecule has 0 bridgehead atoms. The number of rotatable bonds is 7. The third kappa shape index (κ3) is 5.52. The van der Waals surface area contributed by atoms with E-state index in [9.17, 15) is 31.3 Å². The van der Waals surface area contributed by atoms with E-state index in [0.29, 0.717) is 6.07 Å². The number of ether oxygens (including phenoxy) is 1. The lowest BCUT2D eigenvalue weighted by atomic mass is 9.84. The molecule has 2 unspecified atom stereocenters. The summed E-state index contributed by atoms with van der Waals surface area (Å²) in [6, 6.07) is 4.89. The molecule has 0 aliphatic rings. The zero-order valence-electron chi connectivity index (χ0n) is 16.4. The Morgan fingerprint density at radius 2 is 1.80 bits per heavy atom. The SMILES string of the molecule is CC(C)(C)S(=O)NC(CCO)(c1ccc(OC(F)(F)F)c(F)c1)c1ncccc1F. The predicted octanol–water partition coefficient (Wildman–Crippen LogP) is 3.94. The van der Waals surface area contributed by atoms with Crippen molar-refractivity contribution in [1.82, 2.24) is 9.71 Å². The largest absolute Gasteiger partial charge is 0.573 e. The maximum Gasteiger partial charge on any atom is 0.573 e. The summed E-state index contributed by atoms with van der Waals surface area (Å²) in [5.41, 5.74) is -2.17. The molecule has 0 saturated carbocycles. The van der Waals surface area contributed by atoms with E-state index in [-0.39, 0.29) is 17.7 Å². The lowest BCUT2D eigenvalue weighted by molar-refractivity contribution is -0.275. The first-order valence-corrected chi connectivity index (χ1v) is 9.92. The van der Waals surface area contributed by atoms with Crippen molar-refractivity contribution < 1.29 is 36.0 Å². The zero-order chi connectivity index (χ0) is 22.7. The predicted molar refractivity (Wildman–Crippen MR) is 101 cm³/mol. The number of aliphatic hydroxyl groups is 1. The molecule has 2 aromatic rings. The lowest BCUT2D eigenvalue weighted by Gasteiger charge is -2.36. The molecule has 11 heteroatoms. The smallest absolute Gasteiger partial charge is 0.403 e. The summed E-state index contributed by atoms with van der Waals surface area (Å²) in [5.74, 6) is -3.28. The molecule has 1 aromatic heterocycles. The third-order valence-corrected chi connectivity index (χ3v) is 5.77. The van der Waals surface area contributed by atoms with Crippen LogP contribution in [-0.2, 0) is 16.5 Å². The van der Waals surface area contributed by atoms with E-state index in [0.717, 1.165) is 18.2 Å². The second-order valence-electron chi connectivity index (χ2n) is 7.39. The monoisotopic (exact) mass is 452 g/mol. The van der Waals surface area contributed by atoms with Gasteiger partial charge in [-0.3, -0.25) is 4.98 Å². The average molecular weight is 452 g/mol. The van der Waals surface area contributed by atoms with Crippen molar-refractivity contribution in [3.05, 3.63) is 59.4 Å². The van der Waals surface area contributed by atoms with Crippen molar-refractivity contribution in [3.63, 3.8) is 0 Å². The molecular formula is C19H21F5N2O3S. The fourth-order valence-corrected chi connectivity index (χ4v) is 3.65. The van der Waals surface area contributed by atoms with Gasteiger partial charge in [-0.2, -0.15) is 0 Å². The summed E-state index contributed by atoms with van der Waals surface area (Å²) in [4.78, 5) is 3.98. The van der Waals surface area contributed by atoms with Crippen LogP contribution in [0.2, 0.25) is 0 Å². The molecule has 1 heterocycles. The van der Waals surface area contributed by atoms with Gasteiger partial charge in [0.05, 0.1) is 15.7 Å². The van der Waals surface area contributed by atoms with Crippen LogP contribution in [0.3, 0.4) is 0 Å². The molecule has 1 aromatic carbocycles. The van der Waals surface area contributed by atoms with E-state index >= 15 is 0 Å². The Bertz CT molecular complexity index is 918. The number of benzene rings is 1. The number of nitrogens with zero attached hydrogens (tertiary/aromatic N) is 1. The molecule has 0 aliphatic heterocycles. The molecule has 2 N–H and O–H groups in total. The van der Waals surface area contributed by atoms with Crippen LogP contribution in [0.1, 0.15) is 38.4 Å². The van der Waals surface area contributed by atoms with Crippen LogP contribution < -0.4 is 9.46 Å². The van der Waals surface area contributed by atoms with E-state index in [1.54, 1.807) is 20.8 Å². The highest BCUT2D eigenvalue weighted by atomic mass is 32.2. The summed E-state index contributed by atoms with van der Waals surface area (Å²) in [6.45, 7) is 4.35. The van der Waals surface area contributed by atoms with Crippen molar-refractivity contribution in [2.45, 2.75) is 43.8 Å². The first kappa shape index (κ1) is 24.2. The number of hydrogen-bond donors (Lipinski definition) is 2. The van der Waals surface area contributed by atoms with Crippen molar-refractivity contribution in [3.8, 4) is 5.75 Å². The van der Waals surface area contributed by atoms with Gasteiger partial charge in [0.2, 0.25) is 0 Å². The van der Waals surface area contributed by atoms with Gasteiger partial charge in [0.15, 0.2) is 11.6 Å². The van der Waals surface area contributed by atoms with Crippen molar-refractivity contribution in [2.24, 2.45) is 0 Å². The van der Waals surface area contributed by atoms with Crippen LogP contribution in [0.15, 0.2) is 36.5 Å². The topological polar surface area (TPSA) is 71.5 Å². The molecule has 0 fully saturated rings. The first-order valence-electron chi connectivity index (χ1n) is 8.77. The molecular weight excluding hydrogens is 431 g/mol. The standard InChI is InChI=1S/C19H21F5N2O3S/c1-17(2,3)30(28)26-18(8-10-27,16-13(20)5-4-9-25-16)12-6-7-15(14(21)11-12)29-19(22,23)24/h4-7,9,11,26-27H,8,10H2,1-3H3. The lowest BCUT2D eigenvalue weighted by Crippen LogP contribution is -2.50. The van der Waals surface area contributed by atoms with Crippen molar-refractivity contribution in [1.29, 1.82) is 0 Å². The maximum absolute atomic E-state index is 14.7. The van der Waals surface area contributed by atoms with E-state index in [4.69, 9.17) is 0 Å². The number of hydrogen-bond acceptors (Lipinski definition) is 4. The summed E-state index contributed by atoms with van der Waals surface area (Å²) in [5, 5.41) is 9.65. The van der Waals surface area contributed by atoms with Crippen molar-refractivity contribution in [2.75, 3.05) is 6.61 Å². The second kappa shape index (κ2) is 8.94. The Hall–Kier alpha value is -2.11. The number of pyridine rings is 1. The van der Waals surface area contributed by atoms with Gasteiger partial charge in [0.1, 0.15) is 17.1 Å². The Balaban J connectivity index is 2.70. The van der Waals surface area contributed by atoms with Crippen LogP contribution in [0.4, 0.5) is 22.0 Å². The normalized spacial score (nSPS) is 15.5. The van der Waals surface area contributed by atoms with Gasteiger partial charge in [0, 0.05) is 12.8 Å². The maximum atomic E-state index is 14.7. The molecule has 0 radical (unpaired) electrons. The molecule has 0 aliphatic carbocycles. The quantitative estimate of drug-likeness (QED) is 0.625. The minimum absolute atomic E-state index is 0.0845. The molecule has 30 heavy (non-hydrogen) atoms. The molecule has 2 atom stereocenters. The molecule has 166 valence electrons. The van der Waals surface area contributed by atoms with Crippen LogP contribution in [0.5, 0.6) is 5.75 Å². The summed E-state index contributed by atoms with van der Waals surface area (Å²) in [6.07, 6.45) is -4.14. The number of aliphatic hydroxyl groups excluding tert-OH is 1. The van der Waals surface area contributed by atoms with Crippen LogP contribution >= 0.6 is 0 Å². The highest BCUT2D eigenvalue weighted by Gasteiger charge is 2.42. The second-order valence-corrected chi connectivity index (χ2v) is 9.36. The van der Waals surface area contributed by atoms with Gasteiger partial charge < -0.3 is 9.84 Å². The third-order valence-electron chi connectivity index (χ3n) is 4.12. The number of nitrogens with one attached hydrogen (secondary N) is 1. The van der Waals surface area contributed by atoms with Gasteiger partial charge in [-0.1, -0.05) is 6.07 Å². The number of alkyl halides is 3. The highest BCUT2D eigenvalue weighted by Crippen LogP contribution is 2.37. The summed E-state index contributed by atoms with van der Waals surface area (Å²) in [7, 11) is -1.85. The van der Waals surface area contributed by atoms with E-state index in [1.807, 2.05) is 0 Å². The van der Waals surface area contributed by atoms with Crippen LogP contribution in [0.25, 0.3) is 0 Å².